The summed E-state index contributed by atoms with van der Waals surface area (Å²) in [7, 11) is -1.34. The van der Waals surface area contributed by atoms with Crippen LogP contribution in [0.5, 0.6) is 0 Å². The van der Waals surface area contributed by atoms with Gasteiger partial charge in [0.25, 0.3) is 0 Å². The van der Waals surface area contributed by atoms with E-state index < -0.39 is 9.84 Å². The van der Waals surface area contributed by atoms with E-state index in [-0.39, 0.29) is 53.1 Å². The standard InChI is InChI=1S/C15H32N4O3S.HI/c1-14(2,3)19-12(20)10-17-13(16-6)18-11-15(4,5)8-9-23(7,21)22;/h8-11H2,1-7H3,(H,19,20)(H2,16,17,18);1H. The fourth-order valence-corrected chi connectivity index (χ4v) is 2.64. The third-order valence-corrected chi connectivity index (χ3v) is 3.98. The van der Waals surface area contributed by atoms with Crippen LogP contribution in [0.2, 0.25) is 0 Å². The number of hydrogen-bond acceptors (Lipinski definition) is 4. The van der Waals surface area contributed by atoms with Crippen LogP contribution in [0.15, 0.2) is 4.99 Å². The minimum Gasteiger partial charge on any atom is -0.356 e. The third-order valence-electron chi connectivity index (χ3n) is 3.04. The molecule has 0 aliphatic carbocycles. The van der Waals surface area contributed by atoms with Crippen LogP contribution < -0.4 is 16.0 Å². The number of nitrogens with one attached hydrogen (secondary N) is 3. The molecule has 144 valence electrons. The number of rotatable bonds is 7. The monoisotopic (exact) mass is 476 g/mol. The molecule has 3 N–H and O–H groups in total. The maximum absolute atomic E-state index is 11.8. The molecule has 9 heteroatoms. The van der Waals surface area contributed by atoms with E-state index >= 15 is 0 Å². The minimum atomic E-state index is -2.97. The third kappa shape index (κ3) is 15.0. The van der Waals surface area contributed by atoms with Gasteiger partial charge in [-0.05, 0) is 32.6 Å². The van der Waals surface area contributed by atoms with Crippen LogP contribution in [0.3, 0.4) is 0 Å². The summed E-state index contributed by atoms with van der Waals surface area (Å²) in [5.74, 6) is 0.556. The van der Waals surface area contributed by atoms with Crippen LogP contribution in [-0.2, 0) is 14.6 Å². The normalized spacial score (nSPS) is 13.0. The van der Waals surface area contributed by atoms with Crippen LogP contribution in [0.25, 0.3) is 0 Å². The number of carbonyl (C=O) groups excluding carboxylic acids is 1. The lowest BCUT2D eigenvalue weighted by molar-refractivity contribution is -0.121. The highest BCUT2D eigenvalue weighted by atomic mass is 127. The Kier molecular flexibility index (Phi) is 11.1. The predicted octanol–water partition coefficient (Wildman–Crippen LogP) is 1.14. The van der Waals surface area contributed by atoms with E-state index in [4.69, 9.17) is 0 Å². The molecule has 0 aromatic carbocycles. The first-order valence-electron chi connectivity index (χ1n) is 7.67. The van der Waals surface area contributed by atoms with Crippen molar-refractivity contribution in [2.75, 3.05) is 32.1 Å². The Balaban J connectivity index is 0. The van der Waals surface area contributed by atoms with E-state index in [2.05, 4.69) is 20.9 Å². The van der Waals surface area contributed by atoms with E-state index in [1.807, 2.05) is 34.6 Å². The number of aliphatic imine (C=N–C) groups is 1. The molecule has 1 amide bonds. The molecule has 0 radical (unpaired) electrons. The second kappa shape index (κ2) is 10.4. The summed E-state index contributed by atoms with van der Waals surface area (Å²) in [5, 5.41) is 8.93. The molecule has 0 rings (SSSR count). The van der Waals surface area contributed by atoms with E-state index in [0.29, 0.717) is 18.9 Å². The molecule has 7 nitrogen and oxygen atoms in total. The van der Waals surface area contributed by atoms with Gasteiger partial charge in [0, 0.05) is 25.4 Å². The highest BCUT2D eigenvalue weighted by molar-refractivity contribution is 14.0. The molecule has 0 saturated carbocycles. The fraction of sp³-hybridized carbons (Fsp3) is 0.867. The van der Waals surface area contributed by atoms with Gasteiger partial charge in [-0.3, -0.25) is 9.79 Å². The molecule has 0 aliphatic rings. The van der Waals surface area contributed by atoms with Gasteiger partial charge in [0.2, 0.25) is 5.91 Å². The quantitative estimate of drug-likeness (QED) is 0.291. The van der Waals surface area contributed by atoms with Crippen molar-refractivity contribution in [1.82, 2.24) is 16.0 Å². The Bertz CT molecular complexity index is 525. The molecule has 0 unspecified atom stereocenters. The minimum absolute atomic E-state index is 0. The second-order valence-corrected chi connectivity index (χ2v) is 9.88. The van der Waals surface area contributed by atoms with Crippen molar-refractivity contribution in [3.8, 4) is 0 Å². The smallest absolute Gasteiger partial charge is 0.239 e. The van der Waals surface area contributed by atoms with Crippen molar-refractivity contribution in [2.45, 2.75) is 46.6 Å². The number of carbonyl (C=O) groups is 1. The number of nitrogens with zero attached hydrogens (tertiary/aromatic N) is 1. The van der Waals surface area contributed by atoms with Gasteiger partial charge in [-0.1, -0.05) is 13.8 Å². The van der Waals surface area contributed by atoms with Gasteiger partial charge in [-0.25, -0.2) is 8.42 Å². The fourth-order valence-electron chi connectivity index (χ4n) is 1.72. The highest BCUT2D eigenvalue weighted by Crippen LogP contribution is 2.19. The van der Waals surface area contributed by atoms with E-state index in [9.17, 15) is 13.2 Å². The molecule has 0 bridgehead atoms. The lowest BCUT2D eigenvalue weighted by Gasteiger charge is -2.26. The largest absolute Gasteiger partial charge is 0.356 e. The van der Waals surface area contributed by atoms with Crippen LogP contribution >= 0.6 is 24.0 Å². The SMILES string of the molecule is CN=C(NCC(=O)NC(C)(C)C)NCC(C)(C)CCS(C)(=O)=O.I. The Morgan fingerprint density at radius 1 is 1.08 bits per heavy atom. The van der Waals surface area contributed by atoms with Gasteiger partial charge in [0.15, 0.2) is 5.96 Å². The predicted molar refractivity (Wildman–Crippen MR) is 111 cm³/mol. The zero-order valence-corrected chi connectivity index (χ0v) is 19.0. The van der Waals surface area contributed by atoms with Gasteiger partial charge < -0.3 is 16.0 Å². The summed E-state index contributed by atoms with van der Waals surface area (Å²) in [5.41, 5.74) is -0.474. The number of sulfone groups is 1. The van der Waals surface area contributed by atoms with Gasteiger partial charge in [0.05, 0.1) is 12.3 Å². The number of hydrogen-bond donors (Lipinski definition) is 3. The average Bonchev–Trinajstić information content (AvgIpc) is 2.34. The highest BCUT2D eigenvalue weighted by Gasteiger charge is 2.21. The molecule has 0 fully saturated rings. The van der Waals surface area contributed by atoms with Crippen molar-refractivity contribution in [3.05, 3.63) is 0 Å². The van der Waals surface area contributed by atoms with Crippen LogP contribution in [0.1, 0.15) is 41.0 Å². The van der Waals surface area contributed by atoms with E-state index in [0.717, 1.165) is 0 Å². The Labute approximate surface area is 163 Å². The second-order valence-electron chi connectivity index (χ2n) is 7.62. The van der Waals surface area contributed by atoms with Crippen LogP contribution in [-0.4, -0.2) is 58.0 Å². The lowest BCUT2D eigenvalue weighted by Crippen LogP contribution is -2.49. The summed E-state index contributed by atoms with van der Waals surface area (Å²) in [4.78, 5) is 15.8. The molecule has 0 heterocycles. The van der Waals surface area contributed by atoms with Crippen molar-refractivity contribution in [1.29, 1.82) is 0 Å². The molecule has 0 aromatic heterocycles. The molecular formula is C15H33IN4O3S. The molecule has 24 heavy (non-hydrogen) atoms. The zero-order chi connectivity index (χ0) is 18.3. The molecule has 0 saturated heterocycles. The van der Waals surface area contributed by atoms with Crippen molar-refractivity contribution < 1.29 is 13.2 Å². The van der Waals surface area contributed by atoms with Gasteiger partial charge in [0.1, 0.15) is 9.84 Å². The molecule has 0 atom stereocenters. The first-order chi connectivity index (χ1) is 10.2. The van der Waals surface area contributed by atoms with Crippen molar-refractivity contribution in [3.63, 3.8) is 0 Å². The maximum Gasteiger partial charge on any atom is 0.239 e. The topological polar surface area (TPSA) is 99.7 Å². The Hall–Kier alpha value is -0.580. The Morgan fingerprint density at radius 3 is 2.04 bits per heavy atom. The zero-order valence-electron chi connectivity index (χ0n) is 15.8. The summed E-state index contributed by atoms with van der Waals surface area (Å²) in [6.45, 7) is 10.4. The maximum atomic E-state index is 11.8. The van der Waals surface area contributed by atoms with Gasteiger partial charge >= 0.3 is 0 Å². The Morgan fingerprint density at radius 2 is 1.62 bits per heavy atom. The summed E-state index contributed by atoms with van der Waals surface area (Å²) >= 11 is 0. The summed E-state index contributed by atoms with van der Waals surface area (Å²) < 4.78 is 22.5. The van der Waals surface area contributed by atoms with Crippen molar-refractivity contribution in [2.24, 2.45) is 10.4 Å². The number of guanidine groups is 1. The first-order valence-corrected chi connectivity index (χ1v) is 9.73. The molecular weight excluding hydrogens is 443 g/mol. The molecule has 0 aliphatic heterocycles. The summed E-state index contributed by atoms with van der Waals surface area (Å²) in [6, 6.07) is 0. The van der Waals surface area contributed by atoms with E-state index in [1.54, 1.807) is 7.05 Å². The lowest BCUT2D eigenvalue weighted by atomic mass is 9.90. The molecule has 0 spiro atoms. The van der Waals surface area contributed by atoms with Crippen LogP contribution in [0.4, 0.5) is 0 Å². The average molecular weight is 476 g/mol. The van der Waals surface area contributed by atoms with E-state index in [1.165, 1.54) is 6.26 Å². The number of amides is 1. The first kappa shape index (κ1) is 25.7. The molecule has 0 aromatic rings. The van der Waals surface area contributed by atoms with Gasteiger partial charge in [-0.15, -0.1) is 24.0 Å². The summed E-state index contributed by atoms with van der Waals surface area (Å²) in [6.07, 6.45) is 1.80. The number of halogens is 1. The van der Waals surface area contributed by atoms with Gasteiger partial charge in [-0.2, -0.15) is 0 Å². The van der Waals surface area contributed by atoms with Crippen LogP contribution in [0, 0.1) is 5.41 Å². The van der Waals surface area contributed by atoms with Crippen molar-refractivity contribution >= 4 is 45.7 Å².